The van der Waals surface area contributed by atoms with Crippen molar-refractivity contribution < 1.29 is 4.79 Å². The molecule has 1 aliphatic rings. The lowest BCUT2D eigenvalue weighted by molar-refractivity contribution is -0.127. The third-order valence-corrected chi connectivity index (χ3v) is 6.16. The normalized spacial score (nSPS) is 23.2. The third kappa shape index (κ3) is 4.80. The number of thiophene rings is 1. The number of likely N-dealkylation sites (tertiary alicyclic amines) is 1. The molecule has 2 unspecified atom stereocenters. The van der Waals surface area contributed by atoms with Gasteiger partial charge in [0.1, 0.15) is 0 Å². The van der Waals surface area contributed by atoms with Crippen molar-refractivity contribution in [2.75, 3.05) is 13.1 Å². The molecule has 2 heterocycles. The molecule has 1 N–H and O–H groups in total. The van der Waals surface area contributed by atoms with Gasteiger partial charge in [-0.15, -0.1) is 11.3 Å². The van der Waals surface area contributed by atoms with E-state index in [1.165, 1.54) is 9.35 Å². The second kappa shape index (κ2) is 8.30. The molecule has 0 bridgehead atoms. The molecule has 1 aromatic rings. The highest BCUT2D eigenvalue weighted by Crippen LogP contribution is 2.29. The van der Waals surface area contributed by atoms with Gasteiger partial charge in [0.25, 0.3) is 0 Å². The summed E-state index contributed by atoms with van der Waals surface area (Å²) >= 11 is 5.39. The second-order valence-electron chi connectivity index (χ2n) is 5.89. The number of nitrogens with zero attached hydrogens (tertiary/aromatic N) is 1. The van der Waals surface area contributed by atoms with Gasteiger partial charge in [0.2, 0.25) is 5.91 Å². The SMILES string of the molecule is CCCCNC(=O)C1CCC(C)N(Cc2sccc2Br)C1. The fraction of sp³-hybridized carbons (Fsp3) is 0.688. The Morgan fingerprint density at radius 2 is 2.33 bits per heavy atom. The topological polar surface area (TPSA) is 32.3 Å². The molecule has 0 spiro atoms. The lowest BCUT2D eigenvalue weighted by Gasteiger charge is -2.37. The van der Waals surface area contributed by atoms with Crippen LogP contribution in [0.5, 0.6) is 0 Å². The molecule has 1 saturated heterocycles. The number of amides is 1. The summed E-state index contributed by atoms with van der Waals surface area (Å²) in [6, 6.07) is 2.66. The van der Waals surface area contributed by atoms with Crippen LogP contribution in [0.25, 0.3) is 0 Å². The summed E-state index contributed by atoms with van der Waals surface area (Å²) in [5.41, 5.74) is 0. The van der Waals surface area contributed by atoms with Crippen molar-refractivity contribution in [2.24, 2.45) is 5.92 Å². The Kier molecular flexibility index (Phi) is 6.71. The number of halogens is 1. The maximum Gasteiger partial charge on any atom is 0.224 e. The summed E-state index contributed by atoms with van der Waals surface area (Å²) < 4.78 is 1.19. The van der Waals surface area contributed by atoms with Crippen molar-refractivity contribution in [2.45, 2.75) is 52.1 Å². The number of carbonyl (C=O) groups is 1. The minimum absolute atomic E-state index is 0.150. The van der Waals surface area contributed by atoms with Crippen molar-refractivity contribution in [3.8, 4) is 0 Å². The molecule has 118 valence electrons. The molecular formula is C16H25BrN2OS. The zero-order valence-corrected chi connectivity index (χ0v) is 15.3. The predicted molar refractivity (Wildman–Crippen MR) is 92.5 cm³/mol. The molecule has 1 amide bonds. The molecule has 0 aliphatic carbocycles. The van der Waals surface area contributed by atoms with Gasteiger partial charge in [-0.2, -0.15) is 0 Å². The van der Waals surface area contributed by atoms with Crippen molar-refractivity contribution in [3.63, 3.8) is 0 Å². The van der Waals surface area contributed by atoms with Crippen LogP contribution in [0.3, 0.4) is 0 Å². The first kappa shape index (κ1) is 17.0. The van der Waals surface area contributed by atoms with Crippen molar-refractivity contribution >= 4 is 33.2 Å². The fourth-order valence-electron chi connectivity index (χ4n) is 2.77. The van der Waals surface area contributed by atoms with E-state index in [1.54, 1.807) is 11.3 Å². The Morgan fingerprint density at radius 1 is 1.52 bits per heavy atom. The Hall–Kier alpha value is -0.390. The van der Waals surface area contributed by atoms with E-state index in [2.05, 4.69) is 51.4 Å². The predicted octanol–water partition coefficient (Wildman–Crippen LogP) is 4.03. The second-order valence-corrected chi connectivity index (χ2v) is 7.74. The zero-order chi connectivity index (χ0) is 15.2. The van der Waals surface area contributed by atoms with Crippen LogP contribution in [0.15, 0.2) is 15.9 Å². The standard InChI is InChI=1S/C16H25BrN2OS/c1-3-4-8-18-16(20)13-6-5-12(2)19(10-13)11-15-14(17)7-9-21-15/h7,9,12-13H,3-6,8,10-11H2,1-2H3,(H,18,20). The summed E-state index contributed by atoms with van der Waals surface area (Å²) in [6.07, 6.45) is 4.32. The van der Waals surface area contributed by atoms with E-state index in [0.29, 0.717) is 6.04 Å². The third-order valence-electron chi connectivity index (χ3n) is 4.25. The van der Waals surface area contributed by atoms with Crippen LogP contribution in [0, 0.1) is 5.92 Å². The Bertz CT molecular complexity index is 463. The van der Waals surface area contributed by atoms with E-state index in [0.717, 1.165) is 45.3 Å². The van der Waals surface area contributed by atoms with E-state index in [4.69, 9.17) is 0 Å². The highest BCUT2D eigenvalue weighted by atomic mass is 79.9. The molecule has 5 heteroatoms. The Labute approximate surface area is 140 Å². The number of piperidine rings is 1. The molecule has 0 aromatic carbocycles. The highest BCUT2D eigenvalue weighted by Gasteiger charge is 2.30. The summed E-state index contributed by atoms with van der Waals surface area (Å²) in [7, 11) is 0. The average molecular weight is 373 g/mol. The van der Waals surface area contributed by atoms with Gasteiger partial charge in [0.05, 0.1) is 5.92 Å². The maximum absolute atomic E-state index is 12.3. The molecule has 2 atom stereocenters. The first-order valence-electron chi connectivity index (χ1n) is 7.85. The molecule has 21 heavy (non-hydrogen) atoms. The minimum Gasteiger partial charge on any atom is -0.356 e. The quantitative estimate of drug-likeness (QED) is 0.764. The van der Waals surface area contributed by atoms with Gasteiger partial charge in [-0.05, 0) is 53.6 Å². The van der Waals surface area contributed by atoms with E-state index < -0.39 is 0 Å². The molecule has 1 aromatic heterocycles. The van der Waals surface area contributed by atoms with Gasteiger partial charge in [0, 0.05) is 35.0 Å². The smallest absolute Gasteiger partial charge is 0.224 e. The van der Waals surface area contributed by atoms with Gasteiger partial charge >= 0.3 is 0 Å². The molecule has 3 nitrogen and oxygen atoms in total. The van der Waals surface area contributed by atoms with E-state index in [1.807, 2.05) is 0 Å². The maximum atomic E-state index is 12.3. The van der Waals surface area contributed by atoms with Crippen LogP contribution in [-0.2, 0) is 11.3 Å². The lowest BCUT2D eigenvalue weighted by atomic mass is 9.92. The lowest BCUT2D eigenvalue weighted by Crippen LogP contribution is -2.46. The van der Waals surface area contributed by atoms with Crippen LogP contribution in [-0.4, -0.2) is 29.9 Å². The molecular weight excluding hydrogens is 348 g/mol. The van der Waals surface area contributed by atoms with Crippen LogP contribution in [0.4, 0.5) is 0 Å². The molecule has 1 aliphatic heterocycles. The number of nitrogens with one attached hydrogen (secondary N) is 1. The van der Waals surface area contributed by atoms with E-state index in [9.17, 15) is 4.79 Å². The highest BCUT2D eigenvalue weighted by molar-refractivity contribution is 9.10. The monoisotopic (exact) mass is 372 g/mol. The molecule has 1 fully saturated rings. The van der Waals surface area contributed by atoms with Gasteiger partial charge < -0.3 is 5.32 Å². The van der Waals surface area contributed by atoms with E-state index in [-0.39, 0.29) is 11.8 Å². The zero-order valence-electron chi connectivity index (χ0n) is 12.9. The number of hydrogen-bond acceptors (Lipinski definition) is 3. The minimum atomic E-state index is 0.150. The summed E-state index contributed by atoms with van der Waals surface area (Å²) in [5, 5.41) is 5.20. The fourth-order valence-corrected chi connectivity index (χ4v) is 4.27. The summed E-state index contributed by atoms with van der Waals surface area (Å²) in [5.74, 6) is 0.391. The van der Waals surface area contributed by atoms with Crippen LogP contribution < -0.4 is 5.32 Å². The summed E-state index contributed by atoms with van der Waals surface area (Å²) in [6.45, 7) is 7.06. The van der Waals surface area contributed by atoms with Gasteiger partial charge in [0.15, 0.2) is 0 Å². The van der Waals surface area contributed by atoms with E-state index >= 15 is 0 Å². The Morgan fingerprint density at radius 3 is 3.00 bits per heavy atom. The first-order valence-corrected chi connectivity index (χ1v) is 9.52. The van der Waals surface area contributed by atoms with Crippen molar-refractivity contribution in [3.05, 3.63) is 20.8 Å². The number of rotatable bonds is 6. The average Bonchev–Trinajstić information content (AvgIpc) is 2.87. The number of unbranched alkanes of at least 4 members (excludes halogenated alkanes) is 1. The molecule has 0 saturated carbocycles. The first-order chi connectivity index (χ1) is 10.1. The summed E-state index contributed by atoms with van der Waals surface area (Å²) in [4.78, 5) is 16.1. The van der Waals surface area contributed by atoms with Gasteiger partial charge in [-0.3, -0.25) is 9.69 Å². The van der Waals surface area contributed by atoms with Crippen molar-refractivity contribution in [1.29, 1.82) is 0 Å². The Balaban J connectivity index is 1.89. The van der Waals surface area contributed by atoms with Crippen LogP contribution in [0.1, 0.15) is 44.4 Å². The largest absolute Gasteiger partial charge is 0.356 e. The van der Waals surface area contributed by atoms with Gasteiger partial charge in [-0.1, -0.05) is 13.3 Å². The number of hydrogen-bond donors (Lipinski definition) is 1. The number of carbonyl (C=O) groups excluding carboxylic acids is 1. The van der Waals surface area contributed by atoms with Crippen LogP contribution >= 0.6 is 27.3 Å². The molecule has 2 rings (SSSR count). The molecule has 0 radical (unpaired) electrons. The van der Waals surface area contributed by atoms with Crippen LogP contribution in [0.2, 0.25) is 0 Å². The van der Waals surface area contributed by atoms with Gasteiger partial charge in [-0.25, -0.2) is 0 Å². The van der Waals surface area contributed by atoms with Crippen molar-refractivity contribution in [1.82, 2.24) is 10.2 Å².